The molecule has 4 nitrogen and oxygen atoms in total. The van der Waals surface area contributed by atoms with Crippen molar-refractivity contribution < 1.29 is 9.21 Å². The fourth-order valence-corrected chi connectivity index (χ4v) is 3.46. The lowest BCUT2D eigenvalue weighted by atomic mass is 10.2. The summed E-state index contributed by atoms with van der Waals surface area (Å²) in [6.07, 6.45) is 0. The summed E-state index contributed by atoms with van der Waals surface area (Å²) < 4.78 is 6.50. The van der Waals surface area contributed by atoms with Crippen molar-refractivity contribution in [2.75, 3.05) is 5.32 Å². The first kappa shape index (κ1) is 18.0. The van der Waals surface area contributed by atoms with Crippen LogP contribution >= 0.6 is 39.1 Å². The number of hydrogen-bond donors (Lipinski definition) is 1. The fraction of sp³-hybridized carbons (Fsp3) is 0. The minimum Gasteiger partial charge on any atom is -0.436 e. The monoisotopic (exact) mass is 460 g/mol. The Hall–Kier alpha value is -2.34. The van der Waals surface area contributed by atoms with Gasteiger partial charge in [0.05, 0.1) is 16.1 Å². The molecule has 0 saturated heterocycles. The first-order valence-electron chi connectivity index (χ1n) is 7.93. The molecular weight excluding hydrogens is 451 g/mol. The smallest absolute Gasteiger partial charge is 0.256 e. The van der Waals surface area contributed by atoms with E-state index in [0.29, 0.717) is 43.9 Å². The number of hydrogen-bond acceptors (Lipinski definition) is 3. The van der Waals surface area contributed by atoms with Crippen LogP contribution in [0.1, 0.15) is 10.4 Å². The summed E-state index contributed by atoms with van der Waals surface area (Å²) >= 11 is 15.6. The summed E-state index contributed by atoms with van der Waals surface area (Å²) in [7, 11) is 0. The number of benzene rings is 3. The van der Waals surface area contributed by atoms with Crippen LogP contribution in [0.15, 0.2) is 69.6 Å². The van der Waals surface area contributed by atoms with Crippen LogP contribution < -0.4 is 5.32 Å². The number of anilines is 1. The van der Waals surface area contributed by atoms with Crippen LogP contribution in [0.25, 0.3) is 22.6 Å². The maximum Gasteiger partial charge on any atom is 0.256 e. The zero-order valence-corrected chi connectivity index (χ0v) is 16.8. The molecule has 1 amide bonds. The van der Waals surface area contributed by atoms with E-state index >= 15 is 0 Å². The standard InChI is InChI=1S/C20H11BrCl2N2O2/c21-15-4-2-1-3-13(15)19(26)24-12-6-8-18-17(10-12)25-20(27-18)14-9-11(22)5-7-16(14)23/h1-10H,(H,24,26). The molecule has 0 radical (unpaired) electrons. The molecule has 0 aliphatic carbocycles. The van der Waals surface area contributed by atoms with Crippen molar-refractivity contribution in [2.24, 2.45) is 0 Å². The lowest BCUT2D eigenvalue weighted by Crippen LogP contribution is -2.12. The highest BCUT2D eigenvalue weighted by Gasteiger charge is 2.14. The second-order valence-electron chi connectivity index (χ2n) is 5.76. The van der Waals surface area contributed by atoms with Crippen molar-refractivity contribution in [3.63, 3.8) is 0 Å². The Balaban J connectivity index is 1.66. The summed E-state index contributed by atoms with van der Waals surface area (Å²) in [5.41, 5.74) is 2.95. The van der Waals surface area contributed by atoms with Crippen LogP contribution in [-0.4, -0.2) is 10.9 Å². The zero-order valence-electron chi connectivity index (χ0n) is 13.7. The minimum absolute atomic E-state index is 0.219. The summed E-state index contributed by atoms with van der Waals surface area (Å²) in [6, 6.07) is 17.6. The van der Waals surface area contributed by atoms with Gasteiger partial charge in [-0.05, 0) is 64.5 Å². The Morgan fingerprint density at radius 3 is 2.67 bits per heavy atom. The molecule has 1 heterocycles. The van der Waals surface area contributed by atoms with Gasteiger partial charge in [-0.2, -0.15) is 0 Å². The van der Waals surface area contributed by atoms with Crippen LogP contribution in [0, 0.1) is 0 Å². The number of carbonyl (C=O) groups excluding carboxylic acids is 1. The molecule has 7 heteroatoms. The van der Waals surface area contributed by atoms with Gasteiger partial charge in [-0.25, -0.2) is 4.98 Å². The number of carbonyl (C=O) groups is 1. The average molecular weight is 462 g/mol. The molecule has 1 N–H and O–H groups in total. The quantitative estimate of drug-likeness (QED) is 0.364. The molecule has 0 spiro atoms. The molecule has 0 aliphatic heterocycles. The van der Waals surface area contributed by atoms with Crippen molar-refractivity contribution in [1.82, 2.24) is 4.98 Å². The molecule has 0 saturated carbocycles. The predicted octanol–water partition coefficient (Wildman–Crippen LogP) is 6.82. The third-order valence-corrected chi connectivity index (χ3v) is 5.18. The first-order chi connectivity index (χ1) is 13.0. The molecule has 0 aliphatic rings. The average Bonchev–Trinajstić information content (AvgIpc) is 3.07. The molecule has 134 valence electrons. The van der Waals surface area contributed by atoms with Gasteiger partial charge in [0.1, 0.15) is 5.52 Å². The topological polar surface area (TPSA) is 55.1 Å². The van der Waals surface area contributed by atoms with Crippen LogP contribution in [0.4, 0.5) is 5.69 Å². The first-order valence-corrected chi connectivity index (χ1v) is 9.48. The molecule has 3 aromatic carbocycles. The Labute approximate surface area is 173 Å². The third-order valence-electron chi connectivity index (χ3n) is 3.92. The third kappa shape index (κ3) is 3.72. The second kappa shape index (κ2) is 7.35. The van der Waals surface area contributed by atoms with Gasteiger partial charge in [0.2, 0.25) is 5.89 Å². The maximum atomic E-state index is 12.5. The number of nitrogens with zero attached hydrogens (tertiary/aromatic N) is 1. The fourth-order valence-electron chi connectivity index (χ4n) is 2.63. The Bertz CT molecular complexity index is 1170. The number of oxazole rings is 1. The lowest BCUT2D eigenvalue weighted by Gasteiger charge is -2.06. The molecule has 0 bridgehead atoms. The maximum absolute atomic E-state index is 12.5. The Morgan fingerprint density at radius 2 is 1.85 bits per heavy atom. The van der Waals surface area contributed by atoms with Gasteiger partial charge in [-0.15, -0.1) is 0 Å². The van der Waals surface area contributed by atoms with E-state index < -0.39 is 0 Å². The van der Waals surface area contributed by atoms with Gasteiger partial charge >= 0.3 is 0 Å². The van der Waals surface area contributed by atoms with E-state index in [0.717, 1.165) is 4.47 Å². The zero-order chi connectivity index (χ0) is 19.0. The SMILES string of the molecule is O=C(Nc1ccc2oc(-c3cc(Cl)ccc3Cl)nc2c1)c1ccccc1Br. The predicted molar refractivity (Wildman–Crippen MR) is 112 cm³/mol. The number of aromatic nitrogens is 1. The largest absolute Gasteiger partial charge is 0.436 e. The molecule has 4 aromatic rings. The molecular formula is C20H11BrCl2N2O2. The molecule has 4 rings (SSSR count). The van der Waals surface area contributed by atoms with Crippen molar-refractivity contribution in [2.45, 2.75) is 0 Å². The molecule has 27 heavy (non-hydrogen) atoms. The molecule has 0 atom stereocenters. The van der Waals surface area contributed by atoms with Gasteiger partial charge in [0.15, 0.2) is 5.58 Å². The summed E-state index contributed by atoms with van der Waals surface area (Å²) in [5, 5.41) is 3.90. The van der Waals surface area contributed by atoms with Crippen molar-refractivity contribution in [3.8, 4) is 11.5 Å². The highest BCUT2D eigenvalue weighted by atomic mass is 79.9. The number of amides is 1. The van der Waals surface area contributed by atoms with Gasteiger partial charge in [-0.3, -0.25) is 4.79 Å². The summed E-state index contributed by atoms with van der Waals surface area (Å²) in [6.45, 7) is 0. The number of nitrogens with one attached hydrogen (secondary N) is 1. The lowest BCUT2D eigenvalue weighted by molar-refractivity contribution is 0.102. The number of fused-ring (bicyclic) bond motifs is 1. The van der Waals surface area contributed by atoms with E-state index in [9.17, 15) is 4.79 Å². The Morgan fingerprint density at radius 1 is 1.04 bits per heavy atom. The van der Waals surface area contributed by atoms with Gasteiger partial charge < -0.3 is 9.73 Å². The second-order valence-corrected chi connectivity index (χ2v) is 7.46. The van der Waals surface area contributed by atoms with Crippen LogP contribution in [0.2, 0.25) is 10.0 Å². The van der Waals surface area contributed by atoms with E-state index in [2.05, 4.69) is 26.2 Å². The Kier molecular flexibility index (Phi) is 4.91. The summed E-state index contributed by atoms with van der Waals surface area (Å²) in [5.74, 6) is 0.148. The van der Waals surface area contributed by atoms with Gasteiger partial charge in [0, 0.05) is 15.2 Å². The highest BCUT2D eigenvalue weighted by Crippen LogP contribution is 2.33. The minimum atomic E-state index is -0.219. The number of halogens is 3. The molecule has 0 fully saturated rings. The van der Waals surface area contributed by atoms with E-state index in [1.807, 2.05) is 18.2 Å². The van der Waals surface area contributed by atoms with Crippen LogP contribution in [0.5, 0.6) is 0 Å². The molecule has 0 unspecified atom stereocenters. The van der Waals surface area contributed by atoms with E-state index in [1.165, 1.54) is 0 Å². The summed E-state index contributed by atoms with van der Waals surface area (Å²) in [4.78, 5) is 16.9. The molecule has 1 aromatic heterocycles. The van der Waals surface area contributed by atoms with Gasteiger partial charge in [-0.1, -0.05) is 35.3 Å². The van der Waals surface area contributed by atoms with Crippen molar-refractivity contribution in [1.29, 1.82) is 0 Å². The number of rotatable bonds is 3. The highest BCUT2D eigenvalue weighted by molar-refractivity contribution is 9.10. The van der Waals surface area contributed by atoms with E-state index in [1.54, 1.807) is 42.5 Å². The van der Waals surface area contributed by atoms with Crippen LogP contribution in [-0.2, 0) is 0 Å². The van der Waals surface area contributed by atoms with Gasteiger partial charge in [0.25, 0.3) is 5.91 Å². The van der Waals surface area contributed by atoms with Crippen molar-refractivity contribution >= 4 is 61.8 Å². The normalized spacial score (nSPS) is 10.9. The van der Waals surface area contributed by atoms with Crippen LogP contribution in [0.3, 0.4) is 0 Å². The van der Waals surface area contributed by atoms with E-state index in [4.69, 9.17) is 27.6 Å². The van der Waals surface area contributed by atoms with E-state index in [-0.39, 0.29) is 5.91 Å². The van der Waals surface area contributed by atoms with Crippen molar-refractivity contribution in [3.05, 3.63) is 80.7 Å².